The molecule has 2 aromatic heterocycles. The maximum absolute atomic E-state index is 5.19. The molecule has 0 radical (unpaired) electrons. The largest absolute Gasteiger partial charge is 0.208 e. The average molecular weight is 725 g/mol. The van der Waals surface area contributed by atoms with E-state index in [1.807, 2.05) is 78.9 Å². The van der Waals surface area contributed by atoms with Crippen LogP contribution < -0.4 is 0 Å². The van der Waals surface area contributed by atoms with E-state index in [9.17, 15) is 0 Å². The van der Waals surface area contributed by atoms with Gasteiger partial charge >= 0.3 is 0 Å². The summed E-state index contributed by atoms with van der Waals surface area (Å²) in [7, 11) is 0. The normalized spacial score (nSPS) is 21.0. The van der Waals surface area contributed by atoms with Gasteiger partial charge in [-0.25, -0.2) is 29.9 Å². The van der Waals surface area contributed by atoms with Crippen LogP contribution in [0.4, 0.5) is 0 Å². The molecule has 6 nitrogen and oxygen atoms in total. The smallest absolute Gasteiger partial charge is 0.164 e. The first-order chi connectivity index (χ1) is 27.6. The molecule has 2 heterocycles. The van der Waals surface area contributed by atoms with E-state index >= 15 is 0 Å². The highest BCUT2D eigenvalue weighted by molar-refractivity contribution is 5.97. The van der Waals surface area contributed by atoms with Gasteiger partial charge < -0.3 is 0 Å². The number of benzene rings is 6. The molecule has 270 valence electrons. The lowest BCUT2D eigenvalue weighted by Gasteiger charge is -2.57. The topological polar surface area (TPSA) is 77.3 Å². The maximum atomic E-state index is 5.19. The molecule has 0 N–H and O–H groups in total. The monoisotopic (exact) mass is 724 g/mol. The number of hydrogen-bond donors (Lipinski definition) is 0. The van der Waals surface area contributed by atoms with Crippen LogP contribution in [-0.2, 0) is 5.41 Å². The Morgan fingerprint density at radius 1 is 0.357 bits per heavy atom. The van der Waals surface area contributed by atoms with Crippen molar-refractivity contribution in [3.8, 4) is 68.3 Å². The first kappa shape index (κ1) is 33.0. The zero-order valence-corrected chi connectivity index (χ0v) is 31.1. The molecule has 4 aliphatic rings. The zero-order chi connectivity index (χ0) is 37.1. The predicted molar refractivity (Wildman–Crippen MR) is 223 cm³/mol. The Kier molecular flexibility index (Phi) is 7.90. The second-order valence-electron chi connectivity index (χ2n) is 16.2. The SMILES string of the molecule is c1ccc(-c2nc(-c3ccccc3)nc(-c3ccc4c(-c5nc(-c6ccccc6)nc(-c6ccc(C78CC9CC(CC(C9)C7)C8)cc6)n5)cccc4c3)n2)cc1. The summed E-state index contributed by atoms with van der Waals surface area (Å²) < 4.78 is 0. The Bertz CT molecular complexity index is 2620. The second-order valence-corrected chi connectivity index (χ2v) is 16.2. The van der Waals surface area contributed by atoms with Crippen molar-refractivity contribution in [2.75, 3.05) is 0 Å². The molecule has 0 spiro atoms. The molecular formula is C50H40N6. The summed E-state index contributed by atoms with van der Waals surface area (Å²) >= 11 is 0. The summed E-state index contributed by atoms with van der Waals surface area (Å²) in [6.45, 7) is 0. The van der Waals surface area contributed by atoms with Gasteiger partial charge in [-0.05, 0) is 84.1 Å². The summed E-state index contributed by atoms with van der Waals surface area (Å²) in [6.07, 6.45) is 8.40. The van der Waals surface area contributed by atoms with Crippen molar-refractivity contribution in [2.24, 2.45) is 17.8 Å². The number of rotatable bonds is 7. The van der Waals surface area contributed by atoms with Crippen LogP contribution in [-0.4, -0.2) is 29.9 Å². The minimum atomic E-state index is 0.349. The highest BCUT2D eigenvalue weighted by Crippen LogP contribution is 2.60. The molecular weight excluding hydrogens is 685 g/mol. The van der Waals surface area contributed by atoms with Gasteiger partial charge in [0.15, 0.2) is 34.9 Å². The quantitative estimate of drug-likeness (QED) is 0.163. The minimum Gasteiger partial charge on any atom is -0.208 e. The predicted octanol–water partition coefficient (Wildman–Crippen LogP) is 11.7. The third-order valence-corrected chi connectivity index (χ3v) is 12.5. The van der Waals surface area contributed by atoms with Crippen LogP contribution in [0.3, 0.4) is 0 Å². The summed E-state index contributed by atoms with van der Waals surface area (Å²) in [5, 5.41) is 2.09. The van der Waals surface area contributed by atoms with Crippen molar-refractivity contribution in [1.29, 1.82) is 0 Å². The highest BCUT2D eigenvalue weighted by Gasteiger charge is 2.51. The van der Waals surface area contributed by atoms with Crippen molar-refractivity contribution >= 4 is 10.8 Å². The van der Waals surface area contributed by atoms with E-state index in [4.69, 9.17) is 29.9 Å². The van der Waals surface area contributed by atoms with Crippen LogP contribution in [0.2, 0.25) is 0 Å². The van der Waals surface area contributed by atoms with Gasteiger partial charge in [0.05, 0.1) is 0 Å². The van der Waals surface area contributed by atoms with Crippen molar-refractivity contribution < 1.29 is 0 Å². The molecule has 8 aromatic rings. The Morgan fingerprint density at radius 3 is 1.25 bits per heavy atom. The fourth-order valence-corrected chi connectivity index (χ4v) is 10.3. The van der Waals surface area contributed by atoms with Crippen molar-refractivity contribution in [1.82, 2.24) is 29.9 Å². The van der Waals surface area contributed by atoms with Crippen molar-refractivity contribution in [2.45, 2.75) is 43.9 Å². The van der Waals surface area contributed by atoms with Gasteiger partial charge in [-0.2, -0.15) is 0 Å². The van der Waals surface area contributed by atoms with Crippen molar-refractivity contribution in [3.63, 3.8) is 0 Å². The number of hydrogen-bond acceptors (Lipinski definition) is 6. The molecule has 0 atom stereocenters. The molecule has 0 amide bonds. The van der Waals surface area contributed by atoms with Gasteiger partial charge in [-0.15, -0.1) is 0 Å². The standard InChI is InChI=1S/C50H40N6/c1-4-11-35(12-5-1)44-51-45(36-13-6-2-7-14-36)54-48(53-44)40-21-24-42-39(28-40)17-10-18-43(42)49-55-46(37-15-8-3-9-16-37)52-47(56-49)38-19-22-41(23-20-38)50-29-32-25-33(30-50)27-34(26-32)31-50/h1-24,28,32-34H,25-27,29-31H2. The number of aromatic nitrogens is 6. The first-order valence-corrected chi connectivity index (χ1v) is 20.0. The molecule has 0 unspecified atom stereocenters. The lowest BCUT2D eigenvalue weighted by Crippen LogP contribution is -2.48. The third-order valence-electron chi connectivity index (χ3n) is 12.5. The second kappa shape index (κ2) is 13.4. The molecule has 0 aliphatic heterocycles. The van der Waals surface area contributed by atoms with E-state index in [1.54, 1.807) is 0 Å². The summed E-state index contributed by atoms with van der Waals surface area (Å²) in [6, 6.07) is 52.3. The summed E-state index contributed by atoms with van der Waals surface area (Å²) in [5.41, 5.74) is 7.58. The van der Waals surface area contributed by atoms with Gasteiger partial charge in [0.2, 0.25) is 0 Å². The number of fused-ring (bicyclic) bond motifs is 1. The summed E-state index contributed by atoms with van der Waals surface area (Å²) in [4.78, 5) is 30.2. The Hall–Kier alpha value is -6.40. The lowest BCUT2D eigenvalue weighted by atomic mass is 9.48. The minimum absolute atomic E-state index is 0.349. The van der Waals surface area contributed by atoms with E-state index in [1.165, 1.54) is 44.1 Å². The summed E-state index contributed by atoms with van der Waals surface area (Å²) in [5.74, 6) is 6.63. The van der Waals surface area contributed by atoms with Gasteiger partial charge in [0.25, 0.3) is 0 Å². The molecule has 6 heteroatoms. The molecule has 0 saturated heterocycles. The van der Waals surface area contributed by atoms with Crippen LogP contribution in [0.1, 0.15) is 44.1 Å². The van der Waals surface area contributed by atoms with Gasteiger partial charge in [0, 0.05) is 33.4 Å². The van der Waals surface area contributed by atoms with Crippen molar-refractivity contribution in [3.05, 3.63) is 157 Å². The van der Waals surface area contributed by atoms with Crippen LogP contribution in [0.15, 0.2) is 152 Å². The third kappa shape index (κ3) is 5.97. The van der Waals surface area contributed by atoms with E-state index in [-0.39, 0.29) is 0 Å². The van der Waals surface area contributed by atoms with Crippen LogP contribution in [0, 0.1) is 17.8 Å². The fourth-order valence-electron chi connectivity index (χ4n) is 10.3. The van der Waals surface area contributed by atoms with E-state index < -0.39 is 0 Å². The lowest BCUT2D eigenvalue weighted by molar-refractivity contribution is -0.00518. The molecule has 56 heavy (non-hydrogen) atoms. The molecule has 6 aromatic carbocycles. The van der Waals surface area contributed by atoms with Gasteiger partial charge in [-0.1, -0.05) is 146 Å². The van der Waals surface area contributed by atoms with E-state index in [2.05, 4.69) is 72.8 Å². The maximum Gasteiger partial charge on any atom is 0.164 e. The Labute approximate surface area is 326 Å². The highest BCUT2D eigenvalue weighted by atomic mass is 15.0. The van der Waals surface area contributed by atoms with Gasteiger partial charge in [0.1, 0.15) is 0 Å². The molecule has 4 fully saturated rings. The van der Waals surface area contributed by atoms with Crippen LogP contribution in [0.25, 0.3) is 79.1 Å². The van der Waals surface area contributed by atoms with Crippen LogP contribution >= 0.6 is 0 Å². The first-order valence-electron chi connectivity index (χ1n) is 20.0. The molecule has 4 bridgehead atoms. The molecule has 12 rings (SSSR count). The fraction of sp³-hybridized carbons (Fsp3) is 0.200. The Morgan fingerprint density at radius 2 is 0.768 bits per heavy atom. The molecule has 4 saturated carbocycles. The molecule has 4 aliphatic carbocycles. The van der Waals surface area contributed by atoms with Crippen LogP contribution in [0.5, 0.6) is 0 Å². The number of nitrogens with zero attached hydrogens (tertiary/aromatic N) is 6. The Balaban J connectivity index is 0.992. The average Bonchev–Trinajstić information content (AvgIpc) is 3.26. The van der Waals surface area contributed by atoms with E-state index in [0.29, 0.717) is 40.4 Å². The van der Waals surface area contributed by atoms with Gasteiger partial charge in [-0.3, -0.25) is 0 Å². The zero-order valence-electron chi connectivity index (χ0n) is 31.1. The van der Waals surface area contributed by atoms with E-state index in [0.717, 1.165) is 61.9 Å².